The standard InChI is InChI=1S/C19H19N9O/c1-28-11-15(10-24-28)25-19-23-7-6-16(26-19)13-4-2-12(3-5-13)14(9-20)8-17(29)27-18(21)22/h2-7,10-11,14H,8H2,1H3,(H,23,25,26)(H4,21,22,27,29). The summed E-state index contributed by atoms with van der Waals surface area (Å²) in [4.78, 5) is 23.9. The first-order chi connectivity index (χ1) is 13.9. The molecule has 146 valence electrons. The number of aryl methyl sites for hydroxylation is 1. The Bertz CT molecular complexity index is 1080. The van der Waals surface area contributed by atoms with E-state index in [0.29, 0.717) is 17.2 Å². The van der Waals surface area contributed by atoms with Crippen molar-refractivity contribution in [2.75, 3.05) is 5.32 Å². The van der Waals surface area contributed by atoms with Crippen LogP contribution < -0.4 is 16.8 Å². The average Bonchev–Trinajstić information content (AvgIpc) is 3.10. The molecule has 0 saturated carbocycles. The SMILES string of the molecule is Cn1cc(Nc2nccc(-c3ccc(C(C#N)CC(=O)N=C(N)N)cc3)n2)cn1. The number of hydrogen-bond acceptors (Lipinski definition) is 6. The van der Waals surface area contributed by atoms with Crippen molar-refractivity contribution >= 4 is 23.5 Å². The minimum atomic E-state index is -0.646. The topological polar surface area (TPSA) is 161 Å². The lowest BCUT2D eigenvalue weighted by Gasteiger charge is -2.09. The number of nitrogens with zero attached hydrogens (tertiary/aromatic N) is 6. The summed E-state index contributed by atoms with van der Waals surface area (Å²) in [5.41, 5.74) is 13.4. The molecule has 3 aromatic rings. The number of amides is 1. The third kappa shape index (κ3) is 5.14. The Morgan fingerprint density at radius 2 is 2.07 bits per heavy atom. The number of benzene rings is 1. The van der Waals surface area contributed by atoms with E-state index in [9.17, 15) is 10.1 Å². The van der Waals surface area contributed by atoms with E-state index in [-0.39, 0.29) is 12.4 Å². The van der Waals surface area contributed by atoms with Crippen LogP contribution in [0.4, 0.5) is 11.6 Å². The van der Waals surface area contributed by atoms with Gasteiger partial charge in [0.15, 0.2) is 5.96 Å². The average molecular weight is 389 g/mol. The summed E-state index contributed by atoms with van der Waals surface area (Å²) < 4.78 is 1.68. The Morgan fingerprint density at radius 1 is 1.31 bits per heavy atom. The predicted octanol–water partition coefficient (Wildman–Crippen LogP) is 1.42. The van der Waals surface area contributed by atoms with Crippen molar-refractivity contribution in [3.63, 3.8) is 0 Å². The van der Waals surface area contributed by atoms with Gasteiger partial charge in [0.05, 0.1) is 29.6 Å². The van der Waals surface area contributed by atoms with Gasteiger partial charge in [-0.2, -0.15) is 15.4 Å². The summed E-state index contributed by atoms with van der Waals surface area (Å²) in [5.74, 6) is -1.06. The number of nitrogens with two attached hydrogens (primary N) is 2. The zero-order valence-corrected chi connectivity index (χ0v) is 15.6. The van der Waals surface area contributed by atoms with Crippen molar-refractivity contribution in [1.29, 1.82) is 5.26 Å². The summed E-state index contributed by atoms with van der Waals surface area (Å²) in [6.45, 7) is 0. The number of nitrogens with one attached hydrogen (secondary N) is 1. The molecule has 1 amide bonds. The van der Waals surface area contributed by atoms with Crippen molar-refractivity contribution in [3.8, 4) is 17.3 Å². The van der Waals surface area contributed by atoms with Gasteiger partial charge in [-0.05, 0) is 11.6 Å². The summed E-state index contributed by atoms with van der Waals surface area (Å²) in [6, 6.07) is 11.1. The zero-order valence-electron chi connectivity index (χ0n) is 15.6. The van der Waals surface area contributed by atoms with E-state index in [1.165, 1.54) is 0 Å². The third-order valence-electron chi connectivity index (χ3n) is 4.01. The molecule has 2 aromatic heterocycles. The fraction of sp³-hybridized carbons (Fsp3) is 0.158. The van der Waals surface area contributed by atoms with Gasteiger partial charge in [-0.15, -0.1) is 0 Å². The lowest BCUT2D eigenvalue weighted by molar-refractivity contribution is -0.117. The van der Waals surface area contributed by atoms with E-state index in [1.54, 1.807) is 35.3 Å². The molecule has 2 heterocycles. The van der Waals surface area contributed by atoms with E-state index in [4.69, 9.17) is 11.5 Å². The predicted molar refractivity (Wildman–Crippen MR) is 108 cm³/mol. The number of hydrogen-bond donors (Lipinski definition) is 3. The van der Waals surface area contributed by atoms with Crippen molar-refractivity contribution in [3.05, 3.63) is 54.5 Å². The van der Waals surface area contributed by atoms with Crippen LogP contribution in [0.2, 0.25) is 0 Å². The number of rotatable bonds is 6. The fourth-order valence-corrected chi connectivity index (χ4v) is 2.68. The highest BCUT2D eigenvalue weighted by molar-refractivity contribution is 5.91. The second kappa shape index (κ2) is 8.62. The Hall–Kier alpha value is -4.26. The molecule has 0 aliphatic rings. The van der Waals surface area contributed by atoms with Crippen LogP contribution in [0.1, 0.15) is 17.9 Å². The molecule has 10 heteroatoms. The molecule has 0 bridgehead atoms. The Morgan fingerprint density at radius 3 is 2.69 bits per heavy atom. The maximum Gasteiger partial charge on any atom is 0.250 e. The van der Waals surface area contributed by atoms with E-state index >= 15 is 0 Å². The van der Waals surface area contributed by atoms with Crippen LogP contribution in [0.15, 0.2) is 53.9 Å². The number of nitriles is 1. The summed E-state index contributed by atoms with van der Waals surface area (Å²) in [7, 11) is 1.82. The molecule has 0 fully saturated rings. The molecule has 0 saturated heterocycles. The second-order valence-corrected chi connectivity index (χ2v) is 6.23. The van der Waals surface area contributed by atoms with Crippen molar-refractivity contribution in [2.24, 2.45) is 23.5 Å². The van der Waals surface area contributed by atoms with Crippen LogP contribution in [0, 0.1) is 11.3 Å². The highest BCUT2D eigenvalue weighted by Gasteiger charge is 2.16. The van der Waals surface area contributed by atoms with Gasteiger partial charge in [0.25, 0.3) is 5.91 Å². The van der Waals surface area contributed by atoms with Crippen LogP contribution in [-0.2, 0) is 11.8 Å². The molecule has 29 heavy (non-hydrogen) atoms. The molecule has 1 unspecified atom stereocenters. The summed E-state index contributed by atoms with van der Waals surface area (Å²) in [6.07, 6.45) is 5.05. The van der Waals surface area contributed by atoms with Crippen molar-refractivity contribution in [2.45, 2.75) is 12.3 Å². The maximum atomic E-state index is 11.7. The van der Waals surface area contributed by atoms with Gasteiger partial charge in [-0.1, -0.05) is 24.3 Å². The first-order valence-corrected chi connectivity index (χ1v) is 8.65. The van der Waals surface area contributed by atoms with Gasteiger partial charge in [-0.3, -0.25) is 9.48 Å². The van der Waals surface area contributed by atoms with Gasteiger partial charge < -0.3 is 16.8 Å². The number of carbonyl (C=O) groups is 1. The van der Waals surface area contributed by atoms with Gasteiger partial charge in [-0.25, -0.2) is 9.97 Å². The Kier molecular flexibility index (Phi) is 5.80. The summed E-state index contributed by atoms with van der Waals surface area (Å²) >= 11 is 0. The molecule has 0 aliphatic heterocycles. The largest absolute Gasteiger partial charge is 0.370 e. The number of aliphatic imine (C=N–C) groups is 1. The molecule has 10 nitrogen and oxygen atoms in total. The maximum absolute atomic E-state index is 11.7. The van der Waals surface area contributed by atoms with Crippen LogP contribution in [0.25, 0.3) is 11.3 Å². The van der Waals surface area contributed by atoms with E-state index < -0.39 is 11.8 Å². The Labute approximate surface area is 166 Å². The van der Waals surface area contributed by atoms with Crippen molar-refractivity contribution in [1.82, 2.24) is 19.7 Å². The van der Waals surface area contributed by atoms with Gasteiger partial charge in [0.1, 0.15) is 0 Å². The third-order valence-corrected chi connectivity index (χ3v) is 4.01. The lowest BCUT2D eigenvalue weighted by atomic mass is 9.95. The van der Waals surface area contributed by atoms with E-state index in [0.717, 1.165) is 11.3 Å². The molecule has 0 spiro atoms. The smallest absolute Gasteiger partial charge is 0.250 e. The Balaban J connectivity index is 1.76. The number of aromatic nitrogens is 4. The zero-order chi connectivity index (χ0) is 20.8. The lowest BCUT2D eigenvalue weighted by Crippen LogP contribution is -2.24. The first kappa shape index (κ1) is 19.5. The monoisotopic (exact) mass is 389 g/mol. The molecule has 5 N–H and O–H groups in total. The molecular formula is C19H19N9O. The van der Waals surface area contributed by atoms with Crippen LogP contribution in [0.5, 0.6) is 0 Å². The van der Waals surface area contributed by atoms with Crippen molar-refractivity contribution < 1.29 is 4.79 Å². The van der Waals surface area contributed by atoms with Crippen LogP contribution in [-0.4, -0.2) is 31.6 Å². The molecule has 1 aromatic carbocycles. The fourth-order valence-electron chi connectivity index (χ4n) is 2.68. The molecular weight excluding hydrogens is 370 g/mol. The second-order valence-electron chi connectivity index (χ2n) is 6.23. The molecule has 1 atom stereocenters. The highest BCUT2D eigenvalue weighted by atomic mass is 16.1. The number of anilines is 2. The summed E-state index contributed by atoms with van der Waals surface area (Å²) in [5, 5.41) is 16.6. The number of guanidine groups is 1. The van der Waals surface area contributed by atoms with E-state index in [1.807, 2.05) is 25.4 Å². The van der Waals surface area contributed by atoms with Gasteiger partial charge in [0.2, 0.25) is 5.95 Å². The van der Waals surface area contributed by atoms with Crippen LogP contribution >= 0.6 is 0 Å². The quantitative estimate of drug-likeness (QED) is 0.421. The number of carbonyl (C=O) groups excluding carboxylic acids is 1. The minimum Gasteiger partial charge on any atom is -0.370 e. The highest BCUT2D eigenvalue weighted by Crippen LogP contribution is 2.24. The van der Waals surface area contributed by atoms with E-state index in [2.05, 4.69) is 31.4 Å². The normalized spacial score (nSPS) is 11.3. The van der Waals surface area contributed by atoms with Gasteiger partial charge >= 0.3 is 0 Å². The molecule has 3 rings (SSSR count). The molecule has 0 aliphatic carbocycles. The molecule has 0 radical (unpaired) electrons. The van der Waals surface area contributed by atoms with Crippen LogP contribution in [0.3, 0.4) is 0 Å². The first-order valence-electron chi connectivity index (χ1n) is 8.65. The minimum absolute atomic E-state index is 0.0968. The van der Waals surface area contributed by atoms with Gasteiger partial charge in [0, 0.05) is 31.4 Å².